The number of hydrogen-bond donors (Lipinski definition) is 0. The van der Waals surface area contributed by atoms with Gasteiger partial charge in [-0.3, -0.25) is 0 Å². The van der Waals surface area contributed by atoms with Gasteiger partial charge in [-0.15, -0.1) is 0 Å². The highest BCUT2D eigenvalue weighted by molar-refractivity contribution is 8.13. The summed E-state index contributed by atoms with van der Waals surface area (Å²) in [5, 5.41) is 0. The molecule has 0 bridgehead atoms. The summed E-state index contributed by atoms with van der Waals surface area (Å²) in [5.74, 6) is -15.0. The fraction of sp³-hybridized carbons (Fsp3) is 1.00. The van der Waals surface area contributed by atoms with E-state index < -0.39 is 51.5 Å². The number of hydrogen-bond acceptors (Lipinski definition) is 3. The SMILES string of the molecule is O=S(=O)(Cl)CCC(F)(F)C(F)(F)OC(F)(F)C(F)(F)C(F)(F)F. The molecule has 0 aromatic heterocycles. The van der Waals surface area contributed by atoms with Gasteiger partial charge in [0, 0.05) is 17.1 Å². The Morgan fingerprint density at radius 3 is 1.48 bits per heavy atom. The van der Waals surface area contributed by atoms with Crippen LogP contribution in [0, 0.1) is 0 Å². The summed E-state index contributed by atoms with van der Waals surface area (Å²) in [6.07, 6.45) is -23.2. The monoisotopic (exact) mass is 412 g/mol. The molecule has 0 aromatic rings. The maximum Gasteiger partial charge on any atom is 0.462 e. The molecule has 0 spiro atoms. The fourth-order valence-corrected chi connectivity index (χ4v) is 1.59. The Morgan fingerprint density at radius 2 is 1.17 bits per heavy atom. The van der Waals surface area contributed by atoms with E-state index in [0.717, 1.165) is 0 Å². The quantitative estimate of drug-likeness (QED) is 0.469. The van der Waals surface area contributed by atoms with Crippen molar-refractivity contribution in [1.29, 1.82) is 0 Å². The molecule has 0 atom stereocenters. The molecule has 0 fully saturated rings. The summed E-state index contributed by atoms with van der Waals surface area (Å²) in [5.41, 5.74) is 0. The summed E-state index contributed by atoms with van der Waals surface area (Å²) in [6, 6.07) is 0. The van der Waals surface area contributed by atoms with E-state index in [4.69, 9.17) is 0 Å². The molecule has 0 rings (SSSR count). The van der Waals surface area contributed by atoms with E-state index >= 15 is 0 Å². The molecule has 3 nitrogen and oxygen atoms in total. The topological polar surface area (TPSA) is 43.4 Å². The molecular weight excluding hydrogens is 409 g/mol. The standard InChI is InChI=1S/C7H4ClF11O3S/c8-23(20,21)2-1-3(9,10)6(16,17)22-7(18,19)4(11,12)5(13,14)15/h1-2H2. The van der Waals surface area contributed by atoms with E-state index in [1.54, 1.807) is 4.74 Å². The van der Waals surface area contributed by atoms with Gasteiger partial charge in [0.1, 0.15) is 0 Å². The van der Waals surface area contributed by atoms with Crippen molar-refractivity contribution in [2.75, 3.05) is 5.75 Å². The van der Waals surface area contributed by atoms with Crippen LogP contribution in [0.25, 0.3) is 0 Å². The Hall–Kier alpha value is -0.570. The second-order valence-electron chi connectivity index (χ2n) is 3.91. The molecule has 140 valence electrons. The molecule has 0 unspecified atom stereocenters. The predicted molar refractivity (Wildman–Crippen MR) is 51.2 cm³/mol. The van der Waals surface area contributed by atoms with Crippen molar-refractivity contribution in [3.63, 3.8) is 0 Å². The van der Waals surface area contributed by atoms with Crippen molar-refractivity contribution in [1.82, 2.24) is 0 Å². The van der Waals surface area contributed by atoms with Crippen LogP contribution in [-0.2, 0) is 13.8 Å². The first-order valence-electron chi connectivity index (χ1n) is 4.87. The zero-order valence-corrected chi connectivity index (χ0v) is 11.7. The van der Waals surface area contributed by atoms with Crippen molar-refractivity contribution in [3.8, 4) is 0 Å². The first kappa shape index (κ1) is 22.4. The molecule has 0 N–H and O–H groups in total. The van der Waals surface area contributed by atoms with Crippen molar-refractivity contribution in [2.24, 2.45) is 0 Å². The Labute approximate surface area is 124 Å². The highest BCUT2D eigenvalue weighted by Gasteiger charge is 2.78. The van der Waals surface area contributed by atoms with Gasteiger partial charge in [-0.25, -0.2) is 13.2 Å². The molecule has 0 aliphatic rings. The van der Waals surface area contributed by atoms with Crippen LogP contribution in [0.4, 0.5) is 48.3 Å². The zero-order valence-electron chi connectivity index (χ0n) is 10.1. The average Bonchev–Trinajstić information content (AvgIpc) is 2.22. The second-order valence-corrected chi connectivity index (χ2v) is 6.80. The maximum absolute atomic E-state index is 12.9. The Bertz CT molecular complexity index is 526. The highest BCUT2D eigenvalue weighted by Crippen LogP contribution is 2.51. The summed E-state index contributed by atoms with van der Waals surface area (Å²) in [6.45, 7) is 0. The molecule has 0 heterocycles. The van der Waals surface area contributed by atoms with E-state index in [9.17, 15) is 56.7 Å². The fourth-order valence-electron chi connectivity index (χ4n) is 0.860. The number of rotatable bonds is 7. The number of alkyl halides is 11. The van der Waals surface area contributed by atoms with E-state index in [-0.39, 0.29) is 0 Å². The van der Waals surface area contributed by atoms with Gasteiger partial charge in [0.25, 0.3) is 0 Å². The summed E-state index contributed by atoms with van der Waals surface area (Å²) < 4.78 is 158. The lowest BCUT2D eigenvalue weighted by atomic mass is 10.2. The molecule has 0 saturated carbocycles. The lowest BCUT2D eigenvalue weighted by Gasteiger charge is -2.33. The lowest BCUT2D eigenvalue weighted by molar-refractivity contribution is -0.496. The van der Waals surface area contributed by atoms with Gasteiger partial charge in [-0.05, 0) is 0 Å². The van der Waals surface area contributed by atoms with Crippen LogP contribution in [-0.4, -0.2) is 44.4 Å². The molecule has 16 heteroatoms. The molecule has 0 radical (unpaired) electrons. The third kappa shape index (κ3) is 5.20. The molecule has 0 aromatic carbocycles. The molecule has 0 amide bonds. The zero-order chi connectivity index (χ0) is 19.1. The van der Waals surface area contributed by atoms with Crippen molar-refractivity contribution >= 4 is 19.7 Å². The van der Waals surface area contributed by atoms with Crippen LogP contribution < -0.4 is 0 Å². The minimum absolute atomic E-state index is 1.72. The van der Waals surface area contributed by atoms with Crippen molar-refractivity contribution in [3.05, 3.63) is 0 Å². The normalized spacial score (nSPS) is 15.8. The minimum Gasteiger partial charge on any atom is -0.245 e. The Morgan fingerprint density at radius 1 is 0.783 bits per heavy atom. The lowest BCUT2D eigenvalue weighted by Crippen LogP contribution is -2.58. The average molecular weight is 413 g/mol. The molecule has 0 aliphatic carbocycles. The van der Waals surface area contributed by atoms with Crippen LogP contribution >= 0.6 is 10.7 Å². The minimum atomic E-state index is -7.22. The summed E-state index contributed by atoms with van der Waals surface area (Å²) in [4.78, 5) is 0. The van der Waals surface area contributed by atoms with Crippen LogP contribution in [0.15, 0.2) is 0 Å². The van der Waals surface area contributed by atoms with Gasteiger partial charge >= 0.3 is 30.2 Å². The van der Waals surface area contributed by atoms with E-state index in [1.165, 1.54) is 0 Å². The van der Waals surface area contributed by atoms with Gasteiger partial charge < -0.3 is 0 Å². The number of ether oxygens (including phenoxy) is 1. The van der Waals surface area contributed by atoms with Crippen molar-refractivity contribution < 1.29 is 61.4 Å². The second kappa shape index (κ2) is 6.06. The van der Waals surface area contributed by atoms with Crippen LogP contribution in [0.5, 0.6) is 0 Å². The highest BCUT2D eigenvalue weighted by atomic mass is 35.7. The third-order valence-electron chi connectivity index (χ3n) is 2.06. The van der Waals surface area contributed by atoms with Gasteiger partial charge in [-0.2, -0.15) is 48.3 Å². The Kier molecular flexibility index (Phi) is 5.91. The molecule has 0 saturated heterocycles. The Balaban J connectivity index is 5.45. The van der Waals surface area contributed by atoms with E-state index in [0.29, 0.717) is 0 Å². The van der Waals surface area contributed by atoms with Crippen LogP contribution in [0.2, 0.25) is 0 Å². The van der Waals surface area contributed by atoms with Gasteiger partial charge in [0.15, 0.2) is 0 Å². The predicted octanol–water partition coefficient (Wildman–Crippen LogP) is 3.98. The summed E-state index contributed by atoms with van der Waals surface area (Å²) in [7, 11) is -0.434. The van der Waals surface area contributed by atoms with Crippen molar-refractivity contribution in [2.45, 2.75) is 36.7 Å². The first-order chi connectivity index (χ1) is 9.66. The molecular formula is C7H4ClF11O3S. The van der Waals surface area contributed by atoms with E-state index in [2.05, 4.69) is 10.7 Å². The third-order valence-corrected chi connectivity index (χ3v) is 3.22. The van der Waals surface area contributed by atoms with Gasteiger partial charge in [0.2, 0.25) is 9.05 Å². The maximum atomic E-state index is 12.9. The van der Waals surface area contributed by atoms with Crippen LogP contribution in [0.3, 0.4) is 0 Å². The smallest absolute Gasteiger partial charge is 0.245 e. The number of halogens is 12. The van der Waals surface area contributed by atoms with Gasteiger partial charge in [0.05, 0.1) is 5.75 Å². The molecule has 23 heavy (non-hydrogen) atoms. The van der Waals surface area contributed by atoms with Gasteiger partial charge in [-0.1, -0.05) is 0 Å². The summed E-state index contributed by atoms with van der Waals surface area (Å²) >= 11 is 0. The first-order valence-corrected chi connectivity index (χ1v) is 7.35. The van der Waals surface area contributed by atoms with E-state index in [1.807, 2.05) is 0 Å². The molecule has 0 aliphatic heterocycles. The largest absolute Gasteiger partial charge is 0.462 e. The van der Waals surface area contributed by atoms with Crippen LogP contribution in [0.1, 0.15) is 6.42 Å².